The average molecular weight is 539 g/mol. The number of benzene rings is 4. The molecule has 0 saturated carbocycles. The van der Waals surface area contributed by atoms with Gasteiger partial charge in [0.25, 0.3) is 11.8 Å². The van der Waals surface area contributed by atoms with Crippen LogP contribution in [0.1, 0.15) is 36.6 Å². The van der Waals surface area contributed by atoms with E-state index in [9.17, 15) is 24.5 Å². The van der Waals surface area contributed by atoms with Crippen molar-refractivity contribution >= 4 is 35.4 Å². The SMILES string of the molecule is COc1ccc(C(=O)Oc2c(/C=N/NC(=O)c3ccc(NC(=O)c4ccccc4)cc3)cccc2[N+](=O)[O-])cc1. The van der Waals surface area contributed by atoms with Gasteiger partial charge in [-0.15, -0.1) is 0 Å². The van der Waals surface area contributed by atoms with Crippen molar-refractivity contribution in [1.29, 1.82) is 0 Å². The molecule has 0 aliphatic rings. The van der Waals surface area contributed by atoms with Crippen molar-refractivity contribution in [2.75, 3.05) is 12.4 Å². The highest BCUT2D eigenvalue weighted by Crippen LogP contribution is 2.31. The number of para-hydroxylation sites is 1. The first-order valence-corrected chi connectivity index (χ1v) is 11.8. The molecule has 0 aliphatic carbocycles. The fourth-order valence-corrected chi connectivity index (χ4v) is 3.50. The van der Waals surface area contributed by atoms with E-state index in [0.717, 1.165) is 6.21 Å². The number of nitro groups is 1. The van der Waals surface area contributed by atoms with Crippen molar-refractivity contribution in [1.82, 2.24) is 5.43 Å². The van der Waals surface area contributed by atoms with E-state index < -0.39 is 22.5 Å². The van der Waals surface area contributed by atoms with Crippen LogP contribution in [0.25, 0.3) is 0 Å². The van der Waals surface area contributed by atoms with Crippen molar-refractivity contribution in [3.05, 3.63) is 129 Å². The summed E-state index contributed by atoms with van der Waals surface area (Å²) in [5, 5.41) is 18.2. The van der Waals surface area contributed by atoms with Crippen LogP contribution in [0, 0.1) is 10.1 Å². The molecule has 4 rings (SSSR count). The van der Waals surface area contributed by atoms with Crippen LogP contribution in [-0.2, 0) is 0 Å². The Balaban J connectivity index is 1.44. The highest BCUT2D eigenvalue weighted by atomic mass is 16.6. The summed E-state index contributed by atoms with van der Waals surface area (Å²) in [6, 6.07) is 24.9. The van der Waals surface area contributed by atoms with E-state index in [-0.39, 0.29) is 28.3 Å². The van der Waals surface area contributed by atoms with Gasteiger partial charge in [-0.2, -0.15) is 5.10 Å². The summed E-state index contributed by atoms with van der Waals surface area (Å²) in [5.41, 5.74) is 3.36. The second kappa shape index (κ2) is 12.6. The molecular formula is C29H22N4O7. The number of nitro benzene ring substituents is 1. The molecule has 0 saturated heterocycles. The van der Waals surface area contributed by atoms with E-state index >= 15 is 0 Å². The van der Waals surface area contributed by atoms with Crippen LogP contribution in [0.3, 0.4) is 0 Å². The molecule has 0 unspecified atom stereocenters. The van der Waals surface area contributed by atoms with Gasteiger partial charge in [-0.1, -0.05) is 24.3 Å². The summed E-state index contributed by atoms with van der Waals surface area (Å²) in [5.74, 6) is -1.49. The molecule has 0 heterocycles. The van der Waals surface area contributed by atoms with Crippen LogP contribution in [0.2, 0.25) is 0 Å². The molecule has 40 heavy (non-hydrogen) atoms. The number of esters is 1. The minimum absolute atomic E-state index is 0.0929. The molecule has 4 aromatic rings. The predicted molar refractivity (Wildman–Crippen MR) is 147 cm³/mol. The Bertz CT molecular complexity index is 1570. The standard InChI is InChI=1S/C29H22N4O7/c1-39-24-16-12-21(13-17-24)29(36)40-26-22(8-5-9-25(26)33(37)38)18-30-32-28(35)20-10-14-23(15-11-20)31-27(34)19-6-3-2-4-7-19/h2-18H,1H3,(H,31,34)(H,32,35)/b30-18+. The number of nitrogens with one attached hydrogen (secondary N) is 2. The molecule has 0 fully saturated rings. The van der Waals surface area contributed by atoms with Crippen LogP contribution < -0.4 is 20.2 Å². The number of amides is 2. The van der Waals surface area contributed by atoms with Crippen molar-refractivity contribution in [3.8, 4) is 11.5 Å². The maximum atomic E-state index is 12.7. The number of anilines is 1. The van der Waals surface area contributed by atoms with E-state index in [1.165, 1.54) is 49.6 Å². The normalized spacial score (nSPS) is 10.5. The largest absolute Gasteiger partial charge is 0.497 e. The first-order chi connectivity index (χ1) is 19.4. The van der Waals surface area contributed by atoms with Gasteiger partial charge < -0.3 is 14.8 Å². The minimum Gasteiger partial charge on any atom is -0.497 e. The zero-order chi connectivity index (χ0) is 28.5. The molecule has 11 heteroatoms. The number of rotatable bonds is 9. The summed E-state index contributed by atoms with van der Waals surface area (Å²) >= 11 is 0. The first-order valence-electron chi connectivity index (χ1n) is 11.8. The zero-order valence-corrected chi connectivity index (χ0v) is 21.1. The Morgan fingerprint density at radius 3 is 2.10 bits per heavy atom. The number of hydrazone groups is 1. The molecule has 0 bridgehead atoms. The summed E-state index contributed by atoms with van der Waals surface area (Å²) in [4.78, 5) is 48.4. The number of carbonyl (C=O) groups is 3. The van der Waals surface area contributed by atoms with Crippen molar-refractivity contribution < 1.29 is 28.8 Å². The maximum Gasteiger partial charge on any atom is 0.343 e. The minimum atomic E-state index is -0.824. The van der Waals surface area contributed by atoms with Gasteiger partial charge >= 0.3 is 11.7 Å². The second-order valence-electron chi connectivity index (χ2n) is 8.17. The van der Waals surface area contributed by atoms with E-state index in [2.05, 4.69) is 15.8 Å². The third-order valence-corrected chi connectivity index (χ3v) is 5.55. The maximum absolute atomic E-state index is 12.7. The van der Waals surface area contributed by atoms with Gasteiger partial charge in [0.15, 0.2) is 0 Å². The van der Waals surface area contributed by atoms with Crippen LogP contribution >= 0.6 is 0 Å². The fraction of sp³-hybridized carbons (Fsp3) is 0.0345. The van der Waals surface area contributed by atoms with E-state index in [4.69, 9.17) is 9.47 Å². The summed E-state index contributed by atoms with van der Waals surface area (Å²) < 4.78 is 10.4. The Hall–Kier alpha value is -5.84. The number of ether oxygens (including phenoxy) is 2. The Morgan fingerprint density at radius 2 is 1.45 bits per heavy atom. The van der Waals surface area contributed by atoms with Gasteiger partial charge in [0.2, 0.25) is 5.75 Å². The monoisotopic (exact) mass is 538 g/mol. The molecule has 0 aliphatic heterocycles. The molecule has 2 N–H and O–H groups in total. The van der Waals surface area contributed by atoms with Gasteiger partial charge in [0.05, 0.1) is 23.8 Å². The number of hydrogen-bond acceptors (Lipinski definition) is 8. The van der Waals surface area contributed by atoms with Crippen molar-refractivity contribution in [3.63, 3.8) is 0 Å². The van der Waals surface area contributed by atoms with Crippen molar-refractivity contribution in [2.45, 2.75) is 0 Å². The molecule has 0 spiro atoms. The Labute approximate surface area is 228 Å². The lowest BCUT2D eigenvalue weighted by atomic mass is 10.1. The summed E-state index contributed by atoms with van der Waals surface area (Å²) in [7, 11) is 1.48. The molecule has 200 valence electrons. The zero-order valence-electron chi connectivity index (χ0n) is 21.1. The molecule has 0 aromatic heterocycles. The smallest absolute Gasteiger partial charge is 0.343 e. The van der Waals surface area contributed by atoms with Crippen LogP contribution in [0.4, 0.5) is 11.4 Å². The van der Waals surface area contributed by atoms with E-state index in [1.54, 1.807) is 48.5 Å². The van der Waals surface area contributed by atoms with Crippen LogP contribution in [0.15, 0.2) is 102 Å². The van der Waals surface area contributed by atoms with Crippen LogP contribution in [0.5, 0.6) is 11.5 Å². The van der Waals surface area contributed by atoms with Crippen LogP contribution in [-0.4, -0.2) is 36.0 Å². The second-order valence-corrected chi connectivity index (χ2v) is 8.17. The predicted octanol–water partition coefficient (Wildman–Crippen LogP) is 4.84. The average Bonchev–Trinajstić information content (AvgIpc) is 2.98. The highest BCUT2D eigenvalue weighted by molar-refractivity contribution is 6.04. The van der Waals surface area contributed by atoms with Gasteiger partial charge in [-0.3, -0.25) is 19.7 Å². The Morgan fingerprint density at radius 1 is 0.800 bits per heavy atom. The van der Waals surface area contributed by atoms with Gasteiger partial charge in [0.1, 0.15) is 5.75 Å². The molecule has 4 aromatic carbocycles. The van der Waals surface area contributed by atoms with E-state index in [0.29, 0.717) is 17.0 Å². The first kappa shape index (κ1) is 27.2. The quantitative estimate of drug-likeness (QED) is 0.102. The molecule has 2 amide bonds. The molecular weight excluding hydrogens is 516 g/mol. The lowest BCUT2D eigenvalue weighted by Gasteiger charge is -2.09. The molecule has 0 atom stereocenters. The molecule has 11 nitrogen and oxygen atoms in total. The lowest BCUT2D eigenvalue weighted by Crippen LogP contribution is -2.18. The third kappa shape index (κ3) is 6.72. The number of carbonyl (C=O) groups excluding carboxylic acids is 3. The molecule has 0 radical (unpaired) electrons. The highest BCUT2D eigenvalue weighted by Gasteiger charge is 2.22. The number of nitrogens with zero attached hydrogens (tertiary/aromatic N) is 2. The topological polar surface area (TPSA) is 149 Å². The Kier molecular flexibility index (Phi) is 8.57. The van der Waals surface area contributed by atoms with Gasteiger partial charge in [-0.05, 0) is 66.7 Å². The third-order valence-electron chi connectivity index (χ3n) is 5.55. The van der Waals surface area contributed by atoms with Crippen molar-refractivity contribution in [2.24, 2.45) is 5.10 Å². The fourth-order valence-electron chi connectivity index (χ4n) is 3.50. The summed E-state index contributed by atoms with van der Waals surface area (Å²) in [6.45, 7) is 0. The van der Waals surface area contributed by atoms with E-state index in [1.807, 2.05) is 6.07 Å². The van der Waals surface area contributed by atoms with Gasteiger partial charge in [-0.25, -0.2) is 10.2 Å². The van der Waals surface area contributed by atoms with Gasteiger partial charge in [0, 0.05) is 28.4 Å². The number of methoxy groups -OCH3 is 1. The summed E-state index contributed by atoms with van der Waals surface area (Å²) in [6.07, 6.45) is 1.13. The lowest BCUT2D eigenvalue weighted by molar-refractivity contribution is -0.385. The number of hydrogen-bond donors (Lipinski definition) is 2.